The largest absolute Gasteiger partial charge is 0.369 e. The van der Waals surface area contributed by atoms with E-state index in [0.29, 0.717) is 12.6 Å². The van der Waals surface area contributed by atoms with Gasteiger partial charge in [-0.3, -0.25) is 14.4 Å². The molecule has 1 aromatic rings. The van der Waals surface area contributed by atoms with Crippen LogP contribution in [-0.4, -0.2) is 46.3 Å². The second-order valence-electron chi connectivity index (χ2n) is 5.65. The second-order valence-corrected chi connectivity index (χ2v) is 5.65. The Morgan fingerprint density at radius 2 is 2.19 bits per heavy atom. The summed E-state index contributed by atoms with van der Waals surface area (Å²) in [7, 11) is 0. The average Bonchev–Trinajstić information content (AvgIpc) is 2.89. The molecular formula is C15H27N5O. The first kappa shape index (κ1) is 16.0. The molecule has 0 saturated carbocycles. The van der Waals surface area contributed by atoms with Crippen molar-refractivity contribution in [3.05, 3.63) is 17.5 Å². The van der Waals surface area contributed by atoms with E-state index in [9.17, 15) is 4.79 Å². The maximum Gasteiger partial charge on any atom is 0.231 e. The van der Waals surface area contributed by atoms with E-state index in [1.807, 2.05) is 4.68 Å². The molecule has 1 aliphatic rings. The lowest BCUT2D eigenvalue weighted by Crippen LogP contribution is -2.46. The highest BCUT2D eigenvalue weighted by molar-refractivity contribution is 5.75. The lowest BCUT2D eigenvalue weighted by molar-refractivity contribution is -0.120. The zero-order chi connectivity index (χ0) is 15.2. The summed E-state index contributed by atoms with van der Waals surface area (Å²) in [5.41, 5.74) is 7.72. The Morgan fingerprint density at radius 3 is 2.76 bits per heavy atom. The monoisotopic (exact) mass is 293 g/mol. The number of nitrogens with zero attached hydrogens (tertiary/aromatic N) is 3. The number of hydrogen-bond donors (Lipinski definition) is 2. The van der Waals surface area contributed by atoms with Crippen molar-refractivity contribution in [3.8, 4) is 0 Å². The van der Waals surface area contributed by atoms with E-state index in [0.717, 1.165) is 51.1 Å². The van der Waals surface area contributed by atoms with Crippen LogP contribution >= 0.6 is 0 Å². The molecule has 1 aliphatic heterocycles. The molecule has 21 heavy (non-hydrogen) atoms. The molecule has 0 aliphatic carbocycles. The van der Waals surface area contributed by atoms with Gasteiger partial charge in [0.25, 0.3) is 0 Å². The molecular weight excluding hydrogens is 266 g/mol. The molecule has 1 aromatic heterocycles. The maximum absolute atomic E-state index is 11.4. The molecule has 0 bridgehead atoms. The van der Waals surface area contributed by atoms with Crippen molar-refractivity contribution >= 4 is 5.91 Å². The fourth-order valence-electron chi connectivity index (χ4n) is 2.98. The number of amides is 1. The smallest absolute Gasteiger partial charge is 0.231 e. The predicted octanol–water partition coefficient (Wildman–Crippen LogP) is 0.505. The minimum absolute atomic E-state index is 0.258. The Hall–Kier alpha value is -1.40. The molecule has 1 amide bonds. The molecule has 6 heteroatoms. The Balaban J connectivity index is 2.13. The molecule has 0 spiro atoms. The van der Waals surface area contributed by atoms with Crippen LogP contribution in [0.15, 0.2) is 6.07 Å². The minimum Gasteiger partial charge on any atom is -0.369 e. The first-order valence-corrected chi connectivity index (χ1v) is 7.92. The number of primary amides is 1. The Labute approximate surface area is 126 Å². The number of piperidine rings is 1. The van der Waals surface area contributed by atoms with E-state index >= 15 is 0 Å². The van der Waals surface area contributed by atoms with E-state index in [2.05, 4.69) is 35.2 Å². The summed E-state index contributed by atoms with van der Waals surface area (Å²) >= 11 is 0. The van der Waals surface area contributed by atoms with Crippen LogP contribution in [0.4, 0.5) is 0 Å². The van der Waals surface area contributed by atoms with Gasteiger partial charge in [0, 0.05) is 19.1 Å². The zero-order valence-electron chi connectivity index (χ0n) is 13.1. The van der Waals surface area contributed by atoms with E-state index in [1.165, 1.54) is 5.69 Å². The number of aryl methyl sites for hydroxylation is 2. The number of nitrogens with two attached hydrogens (primary N) is 1. The van der Waals surface area contributed by atoms with Crippen LogP contribution in [0.5, 0.6) is 0 Å². The third-order valence-electron chi connectivity index (χ3n) is 4.12. The van der Waals surface area contributed by atoms with Crippen LogP contribution in [0.3, 0.4) is 0 Å². The van der Waals surface area contributed by atoms with Crippen LogP contribution in [0.2, 0.25) is 0 Å². The Kier molecular flexibility index (Phi) is 5.76. The molecule has 3 N–H and O–H groups in total. The highest BCUT2D eigenvalue weighted by Crippen LogP contribution is 2.16. The van der Waals surface area contributed by atoms with Gasteiger partial charge in [0.15, 0.2) is 0 Å². The number of carbonyl (C=O) groups excluding carboxylic acids is 1. The van der Waals surface area contributed by atoms with Crippen molar-refractivity contribution in [1.82, 2.24) is 20.0 Å². The summed E-state index contributed by atoms with van der Waals surface area (Å²) in [6, 6.07) is 2.57. The van der Waals surface area contributed by atoms with Crippen molar-refractivity contribution in [2.45, 2.75) is 52.2 Å². The van der Waals surface area contributed by atoms with E-state index in [1.54, 1.807) is 0 Å². The number of aromatic nitrogens is 2. The van der Waals surface area contributed by atoms with Gasteiger partial charge in [0.05, 0.1) is 17.9 Å². The SMILES string of the molecule is CCc1cc(CN(CC(N)=O)C2CCNCC2)n(CC)n1. The van der Waals surface area contributed by atoms with Gasteiger partial charge in [-0.1, -0.05) is 6.92 Å². The van der Waals surface area contributed by atoms with E-state index < -0.39 is 0 Å². The van der Waals surface area contributed by atoms with Crippen molar-refractivity contribution in [2.75, 3.05) is 19.6 Å². The maximum atomic E-state index is 11.4. The van der Waals surface area contributed by atoms with Gasteiger partial charge >= 0.3 is 0 Å². The van der Waals surface area contributed by atoms with Crippen LogP contribution in [0, 0.1) is 0 Å². The number of carbonyl (C=O) groups is 1. The second kappa shape index (κ2) is 7.56. The van der Waals surface area contributed by atoms with Crippen LogP contribution in [0.1, 0.15) is 38.1 Å². The summed E-state index contributed by atoms with van der Waals surface area (Å²) < 4.78 is 2.04. The third kappa shape index (κ3) is 4.28. The van der Waals surface area contributed by atoms with Crippen LogP contribution < -0.4 is 11.1 Å². The van der Waals surface area contributed by atoms with Gasteiger partial charge in [-0.15, -0.1) is 0 Å². The lowest BCUT2D eigenvalue weighted by Gasteiger charge is -2.33. The topological polar surface area (TPSA) is 76.2 Å². The molecule has 6 nitrogen and oxygen atoms in total. The van der Waals surface area contributed by atoms with Crippen molar-refractivity contribution in [1.29, 1.82) is 0 Å². The lowest BCUT2D eigenvalue weighted by atomic mass is 10.0. The number of rotatable bonds is 7. The molecule has 118 valence electrons. The van der Waals surface area contributed by atoms with Gasteiger partial charge in [-0.2, -0.15) is 5.10 Å². The molecule has 1 saturated heterocycles. The Bertz CT molecular complexity index is 465. The normalized spacial score (nSPS) is 16.5. The van der Waals surface area contributed by atoms with Gasteiger partial charge in [-0.25, -0.2) is 0 Å². The number of hydrogen-bond acceptors (Lipinski definition) is 4. The third-order valence-corrected chi connectivity index (χ3v) is 4.12. The van der Waals surface area contributed by atoms with Gasteiger partial charge < -0.3 is 11.1 Å². The highest BCUT2D eigenvalue weighted by atomic mass is 16.1. The fourth-order valence-corrected chi connectivity index (χ4v) is 2.98. The number of nitrogens with one attached hydrogen (secondary N) is 1. The standard InChI is InChI=1S/C15H27N5O/c1-3-12-9-14(20(4-2)18-12)10-19(11-15(16)21)13-5-7-17-8-6-13/h9,13,17H,3-8,10-11H2,1-2H3,(H2,16,21). The first-order chi connectivity index (χ1) is 10.1. The summed E-state index contributed by atoms with van der Waals surface area (Å²) in [6.45, 7) is 8.14. The van der Waals surface area contributed by atoms with E-state index in [4.69, 9.17) is 5.73 Å². The molecule has 0 unspecified atom stereocenters. The summed E-state index contributed by atoms with van der Waals surface area (Å²) in [5, 5.41) is 7.95. The fraction of sp³-hybridized carbons (Fsp3) is 0.733. The molecule has 2 heterocycles. The molecule has 2 rings (SSSR count). The first-order valence-electron chi connectivity index (χ1n) is 7.92. The quantitative estimate of drug-likeness (QED) is 0.768. The van der Waals surface area contributed by atoms with Gasteiger partial charge in [-0.05, 0) is 45.3 Å². The molecule has 0 atom stereocenters. The summed E-state index contributed by atoms with van der Waals surface area (Å²) in [5.74, 6) is -0.258. The summed E-state index contributed by atoms with van der Waals surface area (Å²) in [6.07, 6.45) is 3.06. The van der Waals surface area contributed by atoms with E-state index in [-0.39, 0.29) is 5.91 Å². The highest BCUT2D eigenvalue weighted by Gasteiger charge is 2.23. The van der Waals surface area contributed by atoms with Gasteiger partial charge in [0.2, 0.25) is 5.91 Å². The average molecular weight is 293 g/mol. The Morgan fingerprint density at radius 1 is 1.48 bits per heavy atom. The summed E-state index contributed by atoms with van der Waals surface area (Å²) in [4.78, 5) is 13.6. The van der Waals surface area contributed by atoms with Gasteiger partial charge in [0.1, 0.15) is 0 Å². The zero-order valence-corrected chi connectivity index (χ0v) is 13.1. The molecule has 0 radical (unpaired) electrons. The minimum atomic E-state index is -0.258. The molecule has 0 aromatic carbocycles. The van der Waals surface area contributed by atoms with Crippen LogP contribution in [0.25, 0.3) is 0 Å². The molecule has 1 fully saturated rings. The predicted molar refractivity (Wildman–Crippen MR) is 82.8 cm³/mol. The van der Waals surface area contributed by atoms with Crippen LogP contribution in [-0.2, 0) is 24.3 Å². The van der Waals surface area contributed by atoms with Crippen molar-refractivity contribution in [3.63, 3.8) is 0 Å². The van der Waals surface area contributed by atoms with Crippen molar-refractivity contribution in [2.24, 2.45) is 5.73 Å². The van der Waals surface area contributed by atoms with Crippen molar-refractivity contribution < 1.29 is 4.79 Å².